The Hall–Kier alpha value is -3.47. The van der Waals surface area contributed by atoms with Gasteiger partial charge < -0.3 is 9.64 Å². The van der Waals surface area contributed by atoms with E-state index in [0.717, 1.165) is 12.8 Å². The van der Waals surface area contributed by atoms with Gasteiger partial charge in [-0.05, 0) is 56.0 Å². The second-order valence-corrected chi connectivity index (χ2v) is 10.6. The highest BCUT2D eigenvalue weighted by atomic mass is 32.2. The van der Waals surface area contributed by atoms with Gasteiger partial charge in [0.1, 0.15) is 17.4 Å². The van der Waals surface area contributed by atoms with E-state index in [9.17, 15) is 17.6 Å². The molecule has 35 heavy (non-hydrogen) atoms. The zero-order chi connectivity index (χ0) is 25.2. The lowest BCUT2D eigenvalue weighted by atomic mass is 10.1. The van der Waals surface area contributed by atoms with E-state index in [-0.39, 0.29) is 22.5 Å². The van der Waals surface area contributed by atoms with E-state index >= 15 is 0 Å². The van der Waals surface area contributed by atoms with Crippen molar-refractivity contribution in [3.05, 3.63) is 54.0 Å². The van der Waals surface area contributed by atoms with Crippen LogP contribution >= 0.6 is 0 Å². The van der Waals surface area contributed by atoms with Crippen molar-refractivity contribution in [2.45, 2.75) is 44.7 Å². The summed E-state index contributed by atoms with van der Waals surface area (Å²) in [6.45, 7) is 7.13. The van der Waals surface area contributed by atoms with Crippen LogP contribution in [0.25, 0.3) is 11.3 Å². The highest BCUT2D eigenvalue weighted by molar-refractivity contribution is 7.90. The summed E-state index contributed by atoms with van der Waals surface area (Å²) < 4.78 is 47.2. The lowest BCUT2D eigenvalue weighted by molar-refractivity contribution is 0.0981. The molecule has 0 aliphatic carbocycles. The van der Waals surface area contributed by atoms with Crippen molar-refractivity contribution in [1.82, 2.24) is 19.9 Å². The third-order valence-electron chi connectivity index (χ3n) is 5.69. The number of nitrogens with one attached hydrogen (secondary N) is 2. The number of benzene rings is 1. The van der Waals surface area contributed by atoms with E-state index < -0.39 is 21.7 Å². The Morgan fingerprint density at radius 2 is 2.09 bits per heavy atom. The van der Waals surface area contributed by atoms with Gasteiger partial charge in [-0.15, -0.1) is 0 Å². The number of aromatic nitrogens is 3. The molecule has 4 rings (SSSR count). The maximum absolute atomic E-state index is 14.4. The molecule has 1 aromatic carbocycles. The largest absolute Gasteiger partial charge is 0.493 e. The minimum Gasteiger partial charge on any atom is -0.493 e. The lowest BCUT2D eigenvalue weighted by Gasteiger charge is -2.25. The van der Waals surface area contributed by atoms with Crippen LogP contribution in [-0.2, 0) is 10.0 Å². The lowest BCUT2D eigenvalue weighted by Crippen LogP contribution is -2.34. The minimum absolute atomic E-state index is 0.103. The molecule has 9 nitrogen and oxygen atoms in total. The van der Waals surface area contributed by atoms with Crippen LogP contribution in [0.1, 0.15) is 44.0 Å². The van der Waals surface area contributed by atoms with Crippen molar-refractivity contribution in [2.24, 2.45) is 5.92 Å². The predicted octanol–water partition coefficient (Wildman–Crippen LogP) is 3.75. The number of hydrogen-bond acceptors (Lipinski definition) is 7. The van der Waals surface area contributed by atoms with Gasteiger partial charge in [0.05, 0.1) is 24.1 Å². The van der Waals surface area contributed by atoms with Crippen molar-refractivity contribution in [1.29, 1.82) is 0 Å². The number of hydrogen-bond donors (Lipinski definition) is 2. The summed E-state index contributed by atoms with van der Waals surface area (Å²) >= 11 is 0. The van der Waals surface area contributed by atoms with Crippen molar-refractivity contribution >= 4 is 21.7 Å². The van der Waals surface area contributed by atoms with Gasteiger partial charge in [0, 0.05) is 24.2 Å². The highest BCUT2D eigenvalue weighted by Crippen LogP contribution is 2.32. The molecule has 3 heterocycles. The molecule has 2 aromatic heterocycles. The van der Waals surface area contributed by atoms with E-state index in [4.69, 9.17) is 9.72 Å². The Morgan fingerprint density at radius 1 is 1.29 bits per heavy atom. The van der Waals surface area contributed by atoms with E-state index in [1.165, 1.54) is 30.5 Å². The van der Waals surface area contributed by atoms with Crippen molar-refractivity contribution in [3.8, 4) is 17.0 Å². The third kappa shape index (κ3) is 5.61. The Kier molecular flexibility index (Phi) is 7.06. The number of rotatable bonds is 8. The summed E-state index contributed by atoms with van der Waals surface area (Å²) in [5.74, 6) is -0.267. The predicted molar refractivity (Wildman–Crippen MR) is 129 cm³/mol. The molecule has 1 saturated heterocycles. The average molecular weight is 502 g/mol. The fourth-order valence-corrected chi connectivity index (χ4v) is 4.81. The number of ether oxygens (including phenoxy) is 1. The van der Waals surface area contributed by atoms with Crippen molar-refractivity contribution in [3.63, 3.8) is 0 Å². The number of carbonyl (C=O) groups excluding carboxylic acids is 1. The molecule has 1 aliphatic rings. The number of anilines is 1. The molecule has 0 radical (unpaired) electrons. The van der Waals surface area contributed by atoms with Crippen molar-refractivity contribution in [2.75, 3.05) is 18.1 Å². The fraction of sp³-hybridized carbons (Fsp3) is 0.375. The van der Waals surface area contributed by atoms with Gasteiger partial charge in [-0.2, -0.15) is 13.5 Å². The van der Waals surface area contributed by atoms with E-state index in [1.807, 2.05) is 25.7 Å². The first-order chi connectivity index (χ1) is 16.6. The number of carbonyl (C=O) groups is 1. The average Bonchev–Trinajstić information content (AvgIpc) is 3.49. The topological polar surface area (TPSA) is 117 Å². The van der Waals surface area contributed by atoms with Gasteiger partial charge in [0.2, 0.25) is 0 Å². The summed E-state index contributed by atoms with van der Waals surface area (Å²) in [7, 11) is -4.14. The zero-order valence-electron chi connectivity index (χ0n) is 19.8. The Labute approximate surface area is 203 Å². The van der Waals surface area contributed by atoms with Crippen LogP contribution in [-0.4, -0.2) is 48.7 Å². The molecule has 186 valence electrons. The third-order valence-corrected chi connectivity index (χ3v) is 6.95. The summed E-state index contributed by atoms with van der Waals surface area (Å²) in [5, 5.41) is 5.75. The second-order valence-electron chi connectivity index (χ2n) is 8.99. The van der Waals surface area contributed by atoms with Gasteiger partial charge in [-0.1, -0.05) is 13.8 Å². The van der Waals surface area contributed by atoms with Crippen molar-refractivity contribution < 1.29 is 22.3 Å². The fourth-order valence-electron chi connectivity index (χ4n) is 3.93. The van der Waals surface area contributed by atoms with Crippen LogP contribution in [0.4, 0.5) is 10.2 Å². The maximum atomic E-state index is 14.4. The number of nitrogens with zero attached hydrogens (tertiary/aromatic N) is 3. The van der Waals surface area contributed by atoms with E-state index in [2.05, 4.69) is 14.9 Å². The van der Waals surface area contributed by atoms with Crippen LogP contribution in [0, 0.1) is 11.7 Å². The molecule has 0 saturated carbocycles. The first-order valence-electron chi connectivity index (χ1n) is 11.4. The molecule has 0 spiro atoms. The number of sulfonamides is 1. The van der Waals surface area contributed by atoms with Crippen LogP contribution in [0.5, 0.6) is 5.75 Å². The zero-order valence-corrected chi connectivity index (χ0v) is 20.6. The van der Waals surface area contributed by atoms with E-state index in [1.54, 1.807) is 12.1 Å². The number of aromatic amines is 1. The molecule has 1 aliphatic heterocycles. The van der Waals surface area contributed by atoms with Gasteiger partial charge in [0.15, 0.2) is 5.03 Å². The van der Waals surface area contributed by atoms with Gasteiger partial charge in [-0.25, -0.2) is 14.1 Å². The molecule has 3 aromatic rings. The molecular weight excluding hydrogens is 473 g/mol. The van der Waals surface area contributed by atoms with Gasteiger partial charge >= 0.3 is 0 Å². The first kappa shape index (κ1) is 24.6. The quantitative estimate of drug-likeness (QED) is 0.483. The number of pyridine rings is 1. The maximum Gasteiger partial charge on any atom is 0.281 e. The number of amides is 1. The summed E-state index contributed by atoms with van der Waals surface area (Å²) in [6.07, 6.45) is 3.10. The van der Waals surface area contributed by atoms with Gasteiger partial charge in [0.25, 0.3) is 15.9 Å². The molecule has 11 heteroatoms. The van der Waals surface area contributed by atoms with Crippen LogP contribution < -0.4 is 14.4 Å². The molecule has 1 fully saturated rings. The first-order valence-corrected chi connectivity index (χ1v) is 12.9. The van der Waals surface area contributed by atoms with Crippen LogP contribution in [0.3, 0.4) is 0 Å². The van der Waals surface area contributed by atoms with Crippen LogP contribution in [0.2, 0.25) is 0 Å². The van der Waals surface area contributed by atoms with Gasteiger partial charge in [-0.3, -0.25) is 9.89 Å². The monoisotopic (exact) mass is 501 g/mol. The van der Waals surface area contributed by atoms with E-state index in [0.29, 0.717) is 36.0 Å². The number of H-pyrrole nitrogens is 1. The summed E-state index contributed by atoms with van der Waals surface area (Å²) in [5.41, 5.74) is 1.05. The van der Waals surface area contributed by atoms with Crippen LogP contribution in [0.15, 0.2) is 47.6 Å². The summed E-state index contributed by atoms with van der Waals surface area (Å²) in [4.78, 5) is 19.7. The molecule has 0 bridgehead atoms. The molecule has 1 amide bonds. The molecular formula is C24H28FN5O4S. The Morgan fingerprint density at radius 3 is 2.74 bits per heavy atom. The SMILES string of the molecule is CC(C)COc1cc(F)cc(-c2ccc(C(=O)NS(=O)(=O)c3ccn[nH]3)c(N3CCCC3C)n2)c1. The standard InChI is InChI=1S/C24H28FN5O4S/c1-15(2)14-34-19-12-17(11-18(25)13-19)21-7-6-20(23(27-21)30-10-4-5-16(30)3)24(31)29-35(32,33)22-8-9-26-28-22/h6-9,11-13,15-16H,4-5,10,14H2,1-3H3,(H,26,28)(H,29,31). The smallest absolute Gasteiger partial charge is 0.281 e. The summed E-state index contributed by atoms with van der Waals surface area (Å²) in [6, 6.07) is 8.81. The molecule has 2 N–H and O–H groups in total. The minimum atomic E-state index is -4.14. The Balaban J connectivity index is 1.71. The highest BCUT2D eigenvalue weighted by Gasteiger charge is 2.29. The normalized spacial score (nSPS) is 16.0. The Bertz CT molecular complexity index is 1310. The molecule has 1 unspecified atom stereocenters. The molecule has 1 atom stereocenters. The second kappa shape index (κ2) is 10.0. The number of halogens is 1.